The number of nitrogens with zero attached hydrogens (tertiary/aromatic N) is 6. The summed E-state index contributed by atoms with van der Waals surface area (Å²) in [5.74, 6) is 2.41. The maximum Gasteiger partial charge on any atom is 0.292 e. The molecule has 208 valence electrons. The summed E-state index contributed by atoms with van der Waals surface area (Å²) in [4.78, 5) is 11.8. The summed E-state index contributed by atoms with van der Waals surface area (Å²) < 4.78 is 20.6. The maximum absolute atomic E-state index is 6.46. The molecular formula is C29H30Cl2N6O3. The molecule has 1 aromatic carbocycles. The van der Waals surface area contributed by atoms with Crippen LogP contribution in [-0.4, -0.2) is 55.9 Å². The molecule has 0 bridgehead atoms. The molecule has 0 saturated carbocycles. The summed E-state index contributed by atoms with van der Waals surface area (Å²) in [6.45, 7) is 6.96. The van der Waals surface area contributed by atoms with E-state index >= 15 is 0 Å². The number of benzene rings is 1. The van der Waals surface area contributed by atoms with Crippen molar-refractivity contribution in [2.45, 2.75) is 51.0 Å². The van der Waals surface area contributed by atoms with Gasteiger partial charge in [-0.05, 0) is 56.5 Å². The Balaban J connectivity index is 1.07. The lowest BCUT2D eigenvalue weighted by atomic mass is 9.88. The third-order valence-corrected chi connectivity index (χ3v) is 8.61. The first-order chi connectivity index (χ1) is 19.4. The molecule has 0 aliphatic carbocycles. The summed E-state index contributed by atoms with van der Waals surface area (Å²) in [7, 11) is 0. The van der Waals surface area contributed by atoms with E-state index in [0.29, 0.717) is 27.7 Å². The van der Waals surface area contributed by atoms with Gasteiger partial charge in [-0.15, -0.1) is 10.2 Å². The van der Waals surface area contributed by atoms with E-state index in [9.17, 15) is 0 Å². The van der Waals surface area contributed by atoms with Crippen molar-refractivity contribution >= 4 is 34.4 Å². The molecule has 2 fully saturated rings. The third-order valence-electron chi connectivity index (χ3n) is 8.20. The molecule has 0 spiro atoms. The zero-order valence-corrected chi connectivity index (χ0v) is 23.7. The number of hydrogen-bond donors (Lipinski definition) is 0. The van der Waals surface area contributed by atoms with Crippen molar-refractivity contribution in [3.05, 3.63) is 69.9 Å². The SMILES string of the molecule is C[C@]1(c2ccc(Cl)cn2)Oc2cccc(C3CCN(Cc4nc5cc(Cl)nnc5n4C[C@H]4CCOC4)CC3)c2O1. The normalized spacial score (nSPS) is 23.3. The van der Waals surface area contributed by atoms with Crippen LogP contribution >= 0.6 is 23.2 Å². The van der Waals surface area contributed by atoms with Crippen molar-refractivity contribution in [3.8, 4) is 11.5 Å². The second-order valence-corrected chi connectivity index (χ2v) is 11.8. The Morgan fingerprint density at radius 2 is 1.93 bits per heavy atom. The van der Waals surface area contributed by atoms with Gasteiger partial charge in [-0.25, -0.2) is 4.98 Å². The Hall–Kier alpha value is -2.98. The van der Waals surface area contributed by atoms with E-state index in [4.69, 9.17) is 42.4 Å². The monoisotopic (exact) mass is 580 g/mol. The van der Waals surface area contributed by atoms with Crippen LogP contribution in [0.1, 0.15) is 49.2 Å². The topological polar surface area (TPSA) is 87.4 Å². The molecule has 40 heavy (non-hydrogen) atoms. The van der Waals surface area contributed by atoms with Gasteiger partial charge in [0.2, 0.25) is 0 Å². The van der Waals surface area contributed by atoms with E-state index in [0.717, 1.165) is 87.1 Å². The molecule has 0 amide bonds. The number of imidazole rings is 1. The Kier molecular flexibility index (Phi) is 6.78. The maximum atomic E-state index is 6.46. The highest BCUT2D eigenvalue weighted by atomic mass is 35.5. The Labute approximate surface area is 242 Å². The molecule has 11 heteroatoms. The van der Waals surface area contributed by atoms with Crippen LogP contribution in [0.2, 0.25) is 10.2 Å². The van der Waals surface area contributed by atoms with Gasteiger partial charge in [-0.2, -0.15) is 0 Å². The van der Waals surface area contributed by atoms with Gasteiger partial charge in [0.05, 0.1) is 18.2 Å². The second kappa shape index (κ2) is 10.4. The van der Waals surface area contributed by atoms with E-state index in [1.54, 1.807) is 18.3 Å². The number of para-hydroxylation sites is 1. The van der Waals surface area contributed by atoms with Crippen LogP contribution in [0.3, 0.4) is 0 Å². The number of hydrogen-bond acceptors (Lipinski definition) is 8. The van der Waals surface area contributed by atoms with Crippen molar-refractivity contribution in [1.82, 2.24) is 29.6 Å². The van der Waals surface area contributed by atoms with Gasteiger partial charge < -0.3 is 18.8 Å². The summed E-state index contributed by atoms with van der Waals surface area (Å²) in [5, 5.41) is 9.41. The average molecular weight is 582 g/mol. The van der Waals surface area contributed by atoms with E-state index in [2.05, 4.69) is 30.7 Å². The summed E-state index contributed by atoms with van der Waals surface area (Å²) in [5.41, 5.74) is 3.45. The first-order valence-corrected chi connectivity index (χ1v) is 14.5. The van der Waals surface area contributed by atoms with E-state index in [-0.39, 0.29) is 0 Å². The van der Waals surface area contributed by atoms with Crippen molar-refractivity contribution in [3.63, 3.8) is 0 Å². The van der Waals surface area contributed by atoms with Crippen LogP contribution in [0, 0.1) is 5.92 Å². The molecule has 3 aliphatic heterocycles. The van der Waals surface area contributed by atoms with Gasteiger partial charge in [-0.3, -0.25) is 9.88 Å². The summed E-state index contributed by atoms with van der Waals surface area (Å²) in [6, 6.07) is 11.6. The standard InChI is InChI=1S/C29H30Cl2N6O3/c1-29(24-6-5-20(30)14-32-24)39-23-4-2-3-21(27(23)40-29)19-7-10-36(11-8-19)16-26-33-22-13-25(31)34-35-28(22)37(26)15-18-9-12-38-17-18/h2-6,13-14,18-19H,7-12,15-17H2,1H3/t18-,29+/m1/s1. The van der Waals surface area contributed by atoms with Gasteiger partial charge in [0, 0.05) is 43.8 Å². The Morgan fingerprint density at radius 3 is 2.70 bits per heavy atom. The first kappa shape index (κ1) is 26.0. The fourth-order valence-electron chi connectivity index (χ4n) is 6.07. The molecule has 4 aromatic rings. The van der Waals surface area contributed by atoms with Crippen molar-refractivity contribution in [2.75, 3.05) is 26.3 Å². The highest BCUT2D eigenvalue weighted by molar-refractivity contribution is 6.30. The largest absolute Gasteiger partial charge is 0.443 e. The number of piperidine rings is 1. The zero-order valence-electron chi connectivity index (χ0n) is 22.2. The number of pyridine rings is 1. The fourth-order valence-corrected chi connectivity index (χ4v) is 6.32. The number of fused-ring (bicyclic) bond motifs is 2. The smallest absolute Gasteiger partial charge is 0.292 e. The lowest BCUT2D eigenvalue weighted by Gasteiger charge is -2.32. The Bertz CT molecular complexity index is 1530. The van der Waals surface area contributed by atoms with Crippen molar-refractivity contribution < 1.29 is 14.2 Å². The second-order valence-electron chi connectivity index (χ2n) is 11.0. The molecule has 0 unspecified atom stereocenters. The molecule has 9 nitrogen and oxygen atoms in total. The van der Waals surface area contributed by atoms with E-state index in [1.807, 2.05) is 25.1 Å². The average Bonchev–Trinajstić information content (AvgIpc) is 3.67. The van der Waals surface area contributed by atoms with Crippen LogP contribution in [-0.2, 0) is 23.6 Å². The zero-order chi connectivity index (χ0) is 27.3. The highest BCUT2D eigenvalue weighted by Gasteiger charge is 2.42. The van der Waals surface area contributed by atoms with Gasteiger partial charge in [-0.1, -0.05) is 35.3 Å². The minimum absolute atomic E-state index is 0.359. The number of rotatable bonds is 6. The fraction of sp³-hybridized carbons (Fsp3) is 0.448. The molecule has 2 saturated heterocycles. The Morgan fingerprint density at radius 1 is 1.05 bits per heavy atom. The van der Waals surface area contributed by atoms with Crippen LogP contribution in [0.4, 0.5) is 0 Å². The van der Waals surface area contributed by atoms with Crippen molar-refractivity contribution in [2.24, 2.45) is 5.92 Å². The van der Waals surface area contributed by atoms with Gasteiger partial charge in [0.1, 0.15) is 17.0 Å². The first-order valence-electron chi connectivity index (χ1n) is 13.8. The minimum atomic E-state index is -0.987. The van der Waals surface area contributed by atoms with Crippen LogP contribution in [0.15, 0.2) is 42.6 Å². The quantitative estimate of drug-likeness (QED) is 0.292. The molecule has 2 atom stereocenters. The summed E-state index contributed by atoms with van der Waals surface area (Å²) in [6.07, 6.45) is 4.69. The van der Waals surface area contributed by atoms with Crippen molar-refractivity contribution in [1.29, 1.82) is 0 Å². The van der Waals surface area contributed by atoms with Gasteiger partial charge in [0.25, 0.3) is 5.79 Å². The lowest BCUT2D eigenvalue weighted by molar-refractivity contribution is -0.0722. The van der Waals surface area contributed by atoms with Gasteiger partial charge in [0.15, 0.2) is 22.3 Å². The lowest BCUT2D eigenvalue weighted by Crippen LogP contribution is -2.34. The van der Waals surface area contributed by atoms with Crippen LogP contribution in [0.5, 0.6) is 11.5 Å². The van der Waals surface area contributed by atoms with Crippen LogP contribution < -0.4 is 9.47 Å². The predicted molar refractivity (Wildman–Crippen MR) is 151 cm³/mol. The molecule has 0 radical (unpaired) electrons. The summed E-state index contributed by atoms with van der Waals surface area (Å²) >= 11 is 12.2. The number of likely N-dealkylation sites (tertiary alicyclic amines) is 1. The third kappa shape index (κ3) is 4.89. The highest BCUT2D eigenvalue weighted by Crippen LogP contribution is 2.49. The number of halogens is 2. The molecule has 7 rings (SSSR count). The van der Waals surface area contributed by atoms with E-state index < -0.39 is 5.79 Å². The minimum Gasteiger partial charge on any atom is -0.443 e. The van der Waals surface area contributed by atoms with E-state index in [1.165, 1.54) is 5.56 Å². The number of ether oxygens (including phenoxy) is 3. The van der Waals surface area contributed by atoms with Crippen LogP contribution in [0.25, 0.3) is 11.2 Å². The van der Waals surface area contributed by atoms with Gasteiger partial charge >= 0.3 is 0 Å². The molecule has 3 aliphatic rings. The molecule has 3 aromatic heterocycles. The molecular weight excluding hydrogens is 551 g/mol. The molecule has 6 heterocycles. The molecule has 0 N–H and O–H groups in total. The predicted octanol–water partition coefficient (Wildman–Crippen LogP) is 5.59. The number of aromatic nitrogens is 5.